The molecule has 1 aliphatic carbocycles. The highest BCUT2D eigenvalue weighted by Crippen LogP contribution is 2.25. The van der Waals surface area contributed by atoms with Crippen molar-refractivity contribution in [2.24, 2.45) is 5.92 Å². The Morgan fingerprint density at radius 1 is 0.970 bits per heavy atom. The van der Waals surface area contributed by atoms with Crippen LogP contribution in [0.3, 0.4) is 0 Å². The minimum atomic E-state index is -0.383. The lowest BCUT2D eigenvalue weighted by molar-refractivity contribution is -0.384. The predicted molar refractivity (Wildman–Crippen MR) is 126 cm³/mol. The van der Waals surface area contributed by atoms with Gasteiger partial charge in [0.1, 0.15) is 0 Å². The topological polar surface area (TPSA) is 95.8 Å². The molecule has 2 aliphatic rings. The van der Waals surface area contributed by atoms with Crippen LogP contribution in [0.2, 0.25) is 0 Å². The molecule has 8 nitrogen and oxygen atoms in total. The smallest absolute Gasteiger partial charge is 0.269 e. The fourth-order valence-corrected chi connectivity index (χ4v) is 4.66. The van der Waals surface area contributed by atoms with Crippen LogP contribution in [0.4, 0.5) is 11.4 Å². The maximum absolute atomic E-state index is 13.0. The summed E-state index contributed by atoms with van der Waals surface area (Å²) in [6.07, 6.45) is 5.27. The number of piperazine rings is 1. The Kier molecular flexibility index (Phi) is 7.34. The normalized spacial score (nSPS) is 17.5. The fourth-order valence-electron chi connectivity index (χ4n) is 4.66. The number of benzene rings is 2. The van der Waals surface area contributed by atoms with Crippen molar-refractivity contribution in [3.05, 3.63) is 69.8 Å². The Hall–Kier alpha value is -3.26. The summed E-state index contributed by atoms with van der Waals surface area (Å²) in [4.78, 5) is 40.2. The number of amides is 2. The SMILES string of the molecule is O=C(Nc1cccc(C(=O)N2CCN(Cc3cccc([N+](=O)[O-])c3)CC2)c1)C1CCCCC1. The highest BCUT2D eigenvalue weighted by Gasteiger charge is 2.24. The number of nitrogens with one attached hydrogen (secondary N) is 1. The minimum absolute atomic E-state index is 0.0428. The first-order valence-corrected chi connectivity index (χ1v) is 11.7. The van der Waals surface area contributed by atoms with Crippen LogP contribution in [-0.4, -0.2) is 52.7 Å². The first-order chi connectivity index (χ1) is 16.0. The molecule has 174 valence electrons. The summed E-state index contributed by atoms with van der Waals surface area (Å²) in [7, 11) is 0. The second-order valence-corrected chi connectivity index (χ2v) is 8.90. The molecule has 1 aliphatic heterocycles. The van der Waals surface area contributed by atoms with Gasteiger partial charge in [-0.25, -0.2) is 0 Å². The molecule has 1 saturated heterocycles. The van der Waals surface area contributed by atoms with Crippen molar-refractivity contribution < 1.29 is 14.5 Å². The first kappa shape index (κ1) is 22.9. The molecule has 0 radical (unpaired) electrons. The average Bonchev–Trinajstić information content (AvgIpc) is 2.85. The third-order valence-corrected chi connectivity index (χ3v) is 6.54. The Labute approximate surface area is 193 Å². The van der Waals surface area contributed by atoms with Crippen molar-refractivity contribution in [1.82, 2.24) is 9.80 Å². The minimum Gasteiger partial charge on any atom is -0.336 e. The van der Waals surface area contributed by atoms with Crippen molar-refractivity contribution in [2.75, 3.05) is 31.5 Å². The van der Waals surface area contributed by atoms with Crippen LogP contribution in [-0.2, 0) is 11.3 Å². The van der Waals surface area contributed by atoms with E-state index in [1.54, 1.807) is 24.3 Å². The van der Waals surface area contributed by atoms with E-state index >= 15 is 0 Å². The van der Waals surface area contributed by atoms with Gasteiger partial charge in [0.05, 0.1) is 4.92 Å². The van der Waals surface area contributed by atoms with E-state index in [0.717, 1.165) is 31.2 Å². The van der Waals surface area contributed by atoms with Gasteiger partial charge in [-0.3, -0.25) is 24.6 Å². The zero-order valence-electron chi connectivity index (χ0n) is 18.7. The molecule has 2 fully saturated rings. The lowest BCUT2D eigenvalue weighted by Gasteiger charge is -2.34. The van der Waals surface area contributed by atoms with E-state index < -0.39 is 0 Å². The molecular formula is C25H30N4O4. The summed E-state index contributed by atoms with van der Waals surface area (Å²) in [5.74, 6) is 0.0741. The number of nitrogens with zero attached hydrogens (tertiary/aromatic N) is 3. The number of rotatable bonds is 6. The zero-order valence-corrected chi connectivity index (χ0v) is 18.7. The van der Waals surface area contributed by atoms with Gasteiger partial charge in [0.15, 0.2) is 0 Å². The summed E-state index contributed by atoms with van der Waals surface area (Å²) >= 11 is 0. The number of carbonyl (C=O) groups is 2. The number of hydrogen-bond donors (Lipinski definition) is 1. The zero-order chi connectivity index (χ0) is 23.2. The van der Waals surface area contributed by atoms with Crippen molar-refractivity contribution in [3.63, 3.8) is 0 Å². The molecule has 8 heteroatoms. The van der Waals surface area contributed by atoms with Crippen LogP contribution in [0.5, 0.6) is 0 Å². The van der Waals surface area contributed by atoms with Crippen LogP contribution >= 0.6 is 0 Å². The van der Waals surface area contributed by atoms with Gasteiger partial charge >= 0.3 is 0 Å². The molecule has 1 N–H and O–H groups in total. The summed E-state index contributed by atoms with van der Waals surface area (Å²) in [6.45, 7) is 3.20. The highest BCUT2D eigenvalue weighted by molar-refractivity contribution is 5.97. The van der Waals surface area contributed by atoms with E-state index in [9.17, 15) is 19.7 Å². The van der Waals surface area contributed by atoms with Gasteiger partial charge < -0.3 is 10.2 Å². The van der Waals surface area contributed by atoms with Gasteiger partial charge in [-0.15, -0.1) is 0 Å². The fraction of sp³-hybridized carbons (Fsp3) is 0.440. The van der Waals surface area contributed by atoms with Crippen molar-refractivity contribution in [3.8, 4) is 0 Å². The van der Waals surface area contributed by atoms with E-state index in [0.29, 0.717) is 44.0 Å². The van der Waals surface area contributed by atoms with E-state index in [2.05, 4.69) is 10.2 Å². The van der Waals surface area contributed by atoms with E-state index in [4.69, 9.17) is 0 Å². The molecule has 1 saturated carbocycles. The van der Waals surface area contributed by atoms with Crippen molar-refractivity contribution >= 4 is 23.2 Å². The Bertz CT molecular complexity index is 1010. The Morgan fingerprint density at radius 2 is 1.70 bits per heavy atom. The summed E-state index contributed by atoms with van der Waals surface area (Å²) in [5, 5.41) is 14.0. The van der Waals surface area contributed by atoms with Gasteiger partial charge in [0, 0.05) is 62.0 Å². The monoisotopic (exact) mass is 450 g/mol. The number of hydrogen-bond acceptors (Lipinski definition) is 5. The third-order valence-electron chi connectivity index (χ3n) is 6.54. The highest BCUT2D eigenvalue weighted by atomic mass is 16.6. The molecule has 1 heterocycles. The molecule has 0 bridgehead atoms. The number of carbonyl (C=O) groups excluding carboxylic acids is 2. The van der Waals surface area contributed by atoms with Crippen LogP contribution in [0.15, 0.2) is 48.5 Å². The van der Waals surface area contributed by atoms with Gasteiger partial charge in [0.25, 0.3) is 11.6 Å². The van der Waals surface area contributed by atoms with Gasteiger partial charge in [-0.2, -0.15) is 0 Å². The maximum Gasteiger partial charge on any atom is 0.269 e. The summed E-state index contributed by atoms with van der Waals surface area (Å²) in [5.41, 5.74) is 2.23. The largest absolute Gasteiger partial charge is 0.336 e. The summed E-state index contributed by atoms with van der Waals surface area (Å²) in [6, 6.07) is 13.9. The lowest BCUT2D eigenvalue weighted by atomic mass is 9.88. The molecule has 0 unspecified atom stereocenters. The molecule has 2 aromatic carbocycles. The van der Waals surface area contributed by atoms with Crippen LogP contribution < -0.4 is 5.32 Å². The van der Waals surface area contributed by atoms with Gasteiger partial charge in [-0.1, -0.05) is 37.5 Å². The molecule has 0 atom stereocenters. The van der Waals surface area contributed by atoms with Gasteiger partial charge in [-0.05, 0) is 36.6 Å². The van der Waals surface area contributed by atoms with Crippen LogP contribution in [0, 0.1) is 16.0 Å². The molecule has 4 rings (SSSR count). The van der Waals surface area contributed by atoms with Crippen molar-refractivity contribution in [1.29, 1.82) is 0 Å². The Morgan fingerprint density at radius 3 is 2.42 bits per heavy atom. The molecule has 2 aromatic rings. The van der Waals surface area contributed by atoms with E-state index in [1.165, 1.54) is 12.5 Å². The molecule has 0 spiro atoms. The average molecular weight is 451 g/mol. The molecular weight excluding hydrogens is 420 g/mol. The molecule has 33 heavy (non-hydrogen) atoms. The number of nitro groups is 1. The standard InChI is InChI=1S/C25H30N4O4/c30-24(20-7-2-1-3-8-20)26-22-10-5-9-21(17-22)25(31)28-14-12-27(13-15-28)18-19-6-4-11-23(16-19)29(32)33/h4-6,9-11,16-17,20H,1-3,7-8,12-15,18H2,(H,26,30). The number of nitro benzene ring substituents is 1. The first-order valence-electron chi connectivity index (χ1n) is 11.7. The number of non-ortho nitro benzene ring substituents is 1. The molecule has 2 amide bonds. The second kappa shape index (κ2) is 10.6. The van der Waals surface area contributed by atoms with E-state index in [1.807, 2.05) is 23.1 Å². The number of anilines is 1. The van der Waals surface area contributed by atoms with Gasteiger partial charge in [0.2, 0.25) is 5.91 Å². The quantitative estimate of drug-likeness (QED) is 0.529. The second-order valence-electron chi connectivity index (χ2n) is 8.90. The van der Waals surface area contributed by atoms with Crippen LogP contribution in [0.1, 0.15) is 48.0 Å². The molecule has 0 aromatic heterocycles. The third kappa shape index (κ3) is 5.96. The summed E-state index contributed by atoms with van der Waals surface area (Å²) < 4.78 is 0. The van der Waals surface area contributed by atoms with Crippen molar-refractivity contribution in [2.45, 2.75) is 38.6 Å². The van der Waals surface area contributed by atoms with Crippen LogP contribution in [0.25, 0.3) is 0 Å². The predicted octanol–water partition coefficient (Wildman–Crippen LogP) is 4.07. The Balaban J connectivity index is 1.31. The van der Waals surface area contributed by atoms with E-state index in [-0.39, 0.29) is 28.3 Å². The lowest BCUT2D eigenvalue weighted by Crippen LogP contribution is -2.48. The maximum atomic E-state index is 13.0.